The molecule has 0 unspecified atom stereocenters. The monoisotopic (exact) mass is 490 g/mol. The van der Waals surface area contributed by atoms with Crippen LogP contribution in [0.3, 0.4) is 0 Å². The summed E-state index contributed by atoms with van der Waals surface area (Å²) in [5, 5.41) is 2.85. The number of carbonyl (C=O) groups is 3. The smallest absolute Gasteiger partial charge is 0.287 e. The van der Waals surface area contributed by atoms with Crippen molar-refractivity contribution in [3.05, 3.63) is 76.7 Å². The van der Waals surface area contributed by atoms with Crippen LogP contribution in [0.1, 0.15) is 58.1 Å². The number of amides is 2. The molecule has 8 heteroatoms. The molecule has 0 bridgehead atoms. The first kappa shape index (κ1) is 25.0. The number of benzene rings is 2. The minimum absolute atomic E-state index is 0.0218. The Labute approximate surface area is 210 Å². The first-order chi connectivity index (χ1) is 17.2. The van der Waals surface area contributed by atoms with Crippen LogP contribution in [0, 0.1) is 13.8 Å². The van der Waals surface area contributed by atoms with Crippen LogP contribution in [0.4, 0.5) is 5.69 Å². The molecule has 0 fully saturated rings. The van der Waals surface area contributed by atoms with Crippen molar-refractivity contribution in [3.8, 4) is 11.5 Å². The minimum Gasteiger partial charge on any atom is -0.485 e. The van der Waals surface area contributed by atoms with Gasteiger partial charge in [0.25, 0.3) is 11.8 Å². The van der Waals surface area contributed by atoms with Crippen molar-refractivity contribution in [1.82, 2.24) is 5.32 Å². The number of aryl methyl sites for hydroxylation is 2. The van der Waals surface area contributed by atoms with Gasteiger partial charge in [-0.3, -0.25) is 19.3 Å². The molecule has 8 nitrogen and oxygen atoms in total. The Morgan fingerprint density at radius 2 is 1.92 bits per heavy atom. The maximum absolute atomic E-state index is 12.9. The van der Waals surface area contributed by atoms with Gasteiger partial charge in [0.05, 0.1) is 12.2 Å². The molecule has 2 amide bonds. The van der Waals surface area contributed by atoms with E-state index in [1.54, 1.807) is 30.3 Å². The summed E-state index contributed by atoms with van der Waals surface area (Å²) in [7, 11) is 0. The SMILES string of the molecule is CC[C@@H](C)NC(=O)c1ccc(CN2C(=O)COc3ccc(C(=O)COc4cc(C)ccc4C)cc32)o1. The van der Waals surface area contributed by atoms with Crippen molar-refractivity contribution in [2.75, 3.05) is 18.1 Å². The number of ketones is 1. The zero-order chi connectivity index (χ0) is 25.8. The standard InChI is InChI=1S/C28H30N2O6/c1-5-19(4)29-28(33)25-11-9-21(36-25)14-30-22-13-20(8-10-24(22)35-16-27(30)32)23(31)15-34-26-12-17(2)6-7-18(26)3/h6-13,19H,5,14-16H2,1-4H3,(H,29,33)/t19-/m1/s1. The summed E-state index contributed by atoms with van der Waals surface area (Å²) in [6.07, 6.45) is 0.801. The Bertz CT molecular complexity index is 1290. The zero-order valence-electron chi connectivity index (χ0n) is 20.9. The molecule has 3 aromatic rings. The van der Waals surface area contributed by atoms with E-state index < -0.39 is 0 Å². The highest BCUT2D eigenvalue weighted by Crippen LogP contribution is 2.34. The fourth-order valence-electron chi connectivity index (χ4n) is 3.78. The van der Waals surface area contributed by atoms with Gasteiger partial charge in [0.2, 0.25) is 0 Å². The molecule has 0 saturated carbocycles. The highest BCUT2D eigenvalue weighted by molar-refractivity contribution is 6.02. The van der Waals surface area contributed by atoms with Crippen molar-refractivity contribution >= 4 is 23.3 Å². The minimum atomic E-state index is -0.305. The predicted molar refractivity (Wildman–Crippen MR) is 135 cm³/mol. The molecule has 2 aromatic carbocycles. The van der Waals surface area contributed by atoms with Crippen LogP contribution in [0.5, 0.6) is 11.5 Å². The van der Waals surface area contributed by atoms with Crippen LogP contribution >= 0.6 is 0 Å². The maximum Gasteiger partial charge on any atom is 0.287 e. The van der Waals surface area contributed by atoms with Gasteiger partial charge in [-0.15, -0.1) is 0 Å². The molecule has 1 N–H and O–H groups in total. The lowest BCUT2D eigenvalue weighted by molar-refractivity contribution is -0.121. The average Bonchev–Trinajstić information content (AvgIpc) is 3.34. The third kappa shape index (κ3) is 5.59. The summed E-state index contributed by atoms with van der Waals surface area (Å²) in [6, 6.07) is 14.1. The second kappa shape index (κ2) is 10.7. The second-order valence-corrected chi connectivity index (χ2v) is 8.98. The van der Waals surface area contributed by atoms with Crippen LogP contribution in [0.25, 0.3) is 0 Å². The number of hydrogen-bond acceptors (Lipinski definition) is 6. The number of rotatable bonds is 9. The van der Waals surface area contributed by atoms with E-state index in [-0.39, 0.29) is 49.2 Å². The van der Waals surface area contributed by atoms with E-state index in [0.717, 1.165) is 17.5 Å². The van der Waals surface area contributed by atoms with E-state index in [0.29, 0.717) is 28.5 Å². The molecule has 2 heterocycles. The Kier molecular flexibility index (Phi) is 7.43. The van der Waals surface area contributed by atoms with Crippen molar-refractivity contribution in [2.45, 2.75) is 46.7 Å². The summed E-state index contributed by atoms with van der Waals surface area (Å²) in [5.74, 6) is 0.968. The molecule has 1 aromatic heterocycles. The largest absolute Gasteiger partial charge is 0.485 e. The highest BCUT2D eigenvalue weighted by Gasteiger charge is 2.28. The van der Waals surface area contributed by atoms with Gasteiger partial charge >= 0.3 is 0 Å². The summed E-state index contributed by atoms with van der Waals surface area (Å²) < 4.78 is 17.0. The van der Waals surface area contributed by atoms with Crippen LogP contribution in [-0.2, 0) is 11.3 Å². The third-order valence-electron chi connectivity index (χ3n) is 6.12. The molecule has 36 heavy (non-hydrogen) atoms. The molecule has 1 aliphatic heterocycles. The Balaban J connectivity index is 1.50. The van der Waals surface area contributed by atoms with E-state index in [1.165, 1.54) is 4.90 Å². The van der Waals surface area contributed by atoms with Crippen molar-refractivity contribution < 1.29 is 28.3 Å². The van der Waals surface area contributed by atoms with Gasteiger partial charge in [0.15, 0.2) is 24.8 Å². The average molecular weight is 491 g/mol. The van der Waals surface area contributed by atoms with Crippen LogP contribution in [0.15, 0.2) is 52.9 Å². The van der Waals surface area contributed by atoms with Gasteiger partial charge in [0, 0.05) is 11.6 Å². The molecule has 1 aliphatic rings. The van der Waals surface area contributed by atoms with Gasteiger partial charge < -0.3 is 19.2 Å². The molecular formula is C28H30N2O6. The van der Waals surface area contributed by atoms with Crippen molar-refractivity contribution in [1.29, 1.82) is 0 Å². The summed E-state index contributed by atoms with van der Waals surface area (Å²) in [6.45, 7) is 7.62. The van der Waals surface area contributed by atoms with Crippen LogP contribution < -0.4 is 19.7 Å². The van der Waals surface area contributed by atoms with E-state index in [9.17, 15) is 14.4 Å². The molecule has 0 radical (unpaired) electrons. The van der Waals surface area contributed by atoms with Crippen molar-refractivity contribution in [2.24, 2.45) is 0 Å². The number of nitrogens with zero attached hydrogens (tertiary/aromatic N) is 1. The molecule has 188 valence electrons. The molecule has 1 atom stereocenters. The topological polar surface area (TPSA) is 98.1 Å². The van der Waals surface area contributed by atoms with Gasteiger partial charge in [-0.2, -0.15) is 0 Å². The van der Waals surface area contributed by atoms with E-state index in [2.05, 4.69) is 5.32 Å². The lowest BCUT2D eigenvalue weighted by atomic mass is 10.1. The summed E-state index contributed by atoms with van der Waals surface area (Å²) in [5.41, 5.74) is 2.85. The first-order valence-corrected chi connectivity index (χ1v) is 11.9. The van der Waals surface area contributed by atoms with E-state index >= 15 is 0 Å². The van der Waals surface area contributed by atoms with Gasteiger partial charge in [-0.1, -0.05) is 19.1 Å². The summed E-state index contributed by atoms with van der Waals surface area (Å²) >= 11 is 0. The Hall–Kier alpha value is -4.07. The Morgan fingerprint density at radius 1 is 1.11 bits per heavy atom. The number of carbonyl (C=O) groups excluding carboxylic acids is 3. The van der Waals surface area contributed by atoms with Gasteiger partial charge in [-0.05, 0) is 74.7 Å². The van der Waals surface area contributed by atoms with E-state index in [4.69, 9.17) is 13.9 Å². The second-order valence-electron chi connectivity index (χ2n) is 8.98. The van der Waals surface area contributed by atoms with Gasteiger partial charge in [0.1, 0.15) is 17.3 Å². The number of hydrogen-bond donors (Lipinski definition) is 1. The van der Waals surface area contributed by atoms with Crippen molar-refractivity contribution in [3.63, 3.8) is 0 Å². The van der Waals surface area contributed by atoms with Crippen LogP contribution in [0.2, 0.25) is 0 Å². The first-order valence-electron chi connectivity index (χ1n) is 11.9. The number of Topliss-reactive ketones (excluding diaryl/α,β-unsaturated/α-hetero) is 1. The number of fused-ring (bicyclic) bond motifs is 1. The predicted octanol–water partition coefficient (Wildman–Crippen LogP) is 4.61. The molecular weight excluding hydrogens is 460 g/mol. The molecule has 4 rings (SSSR count). The lowest BCUT2D eigenvalue weighted by Gasteiger charge is -2.29. The lowest BCUT2D eigenvalue weighted by Crippen LogP contribution is -2.38. The number of anilines is 1. The number of furan rings is 1. The third-order valence-corrected chi connectivity index (χ3v) is 6.12. The maximum atomic E-state index is 12.9. The normalized spacial score (nSPS) is 13.6. The Morgan fingerprint density at radius 3 is 2.69 bits per heavy atom. The zero-order valence-corrected chi connectivity index (χ0v) is 20.9. The quantitative estimate of drug-likeness (QED) is 0.440. The summed E-state index contributed by atoms with van der Waals surface area (Å²) in [4.78, 5) is 39.5. The van der Waals surface area contributed by atoms with E-state index in [1.807, 2.05) is 45.9 Å². The fraction of sp³-hybridized carbons (Fsp3) is 0.321. The number of ether oxygens (including phenoxy) is 2. The molecule has 0 aliphatic carbocycles. The van der Waals surface area contributed by atoms with Gasteiger partial charge in [-0.25, -0.2) is 0 Å². The fourth-order valence-corrected chi connectivity index (χ4v) is 3.78. The molecule has 0 saturated heterocycles. The molecule has 0 spiro atoms. The number of nitrogens with one attached hydrogen (secondary N) is 1. The van der Waals surface area contributed by atoms with Crippen LogP contribution in [-0.4, -0.2) is 36.9 Å². The highest BCUT2D eigenvalue weighted by atomic mass is 16.5.